The van der Waals surface area contributed by atoms with Gasteiger partial charge in [0.2, 0.25) is 0 Å². The molecule has 0 aromatic carbocycles. The number of carbonyl (C=O) groups is 2. The summed E-state index contributed by atoms with van der Waals surface area (Å²) in [6, 6.07) is 0. The molecule has 11 heteroatoms. The third kappa shape index (κ3) is 5.18. The Labute approximate surface area is 191 Å². The summed E-state index contributed by atoms with van der Waals surface area (Å²) < 4.78 is 7.26. The summed E-state index contributed by atoms with van der Waals surface area (Å²) in [5.74, 6) is 0.665. The van der Waals surface area contributed by atoms with Crippen LogP contribution < -0.4 is 10.2 Å². The van der Waals surface area contributed by atoms with Crippen molar-refractivity contribution in [3.8, 4) is 0 Å². The van der Waals surface area contributed by atoms with Gasteiger partial charge in [0.1, 0.15) is 22.9 Å². The first-order chi connectivity index (χ1) is 15.6. The van der Waals surface area contributed by atoms with Crippen molar-refractivity contribution in [3.63, 3.8) is 0 Å². The Morgan fingerprint density at radius 2 is 1.73 bits per heavy atom. The lowest BCUT2D eigenvalue weighted by atomic mass is 10.2. The number of hydrogen-bond acceptors (Lipinski definition) is 8. The number of nitrogens with one attached hydrogen (secondary N) is 1. The number of aromatic nitrogens is 5. The largest absolute Gasteiger partial charge is 0.444 e. The van der Waals surface area contributed by atoms with Crippen LogP contribution in [0.4, 0.5) is 16.4 Å². The maximum atomic E-state index is 12.6. The Bertz CT molecular complexity index is 1170. The van der Waals surface area contributed by atoms with Crippen molar-refractivity contribution < 1.29 is 14.3 Å². The molecule has 0 bridgehead atoms. The van der Waals surface area contributed by atoms with E-state index in [0.29, 0.717) is 43.5 Å². The molecule has 4 rings (SSSR count). The number of ether oxygens (including phenoxy) is 1. The second-order valence-corrected chi connectivity index (χ2v) is 8.99. The first-order valence-electron chi connectivity index (χ1n) is 10.8. The molecule has 0 radical (unpaired) electrons. The van der Waals surface area contributed by atoms with Crippen LogP contribution in [0.5, 0.6) is 0 Å². The van der Waals surface area contributed by atoms with E-state index in [-0.39, 0.29) is 11.8 Å². The zero-order chi connectivity index (χ0) is 23.8. The number of nitrogens with zero attached hydrogens (tertiary/aromatic N) is 7. The zero-order valence-corrected chi connectivity index (χ0v) is 19.5. The van der Waals surface area contributed by atoms with Gasteiger partial charge in [-0.1, -0.05) is 0 Å². The Balaban J connectivity index is 1.37. The predicted octanol–water partition coefficient (Wildman–Crippen LogP) is 2.45. The summed E-state index contributed by atoms with van der Waals surface area (Å²) in [6.07, 6.45) is 6.29. The van der Waals surface area contributed by atoms with E-state index in [1.54, 1.807) is 17.3 Å². The normalized spacial score (nSPS) is 14.5. The molecule has 174 valence electrons. The van der Waals surface area contributed by atoms with Gasteiger partial charge in [-0.3, -0.25) is 4.79 Å². The molecule has 3 aromatic heterocycles. The first-order valence-corrected chi connectivity index (χ1v) is 10.8. The van der Waals surface area contributed by atoms with Crippen LogP contribution in [-0.2, 0) is 4.74 Å². The van der Waals surface area contributed by atoms with Gasteiger partial charge < -0.3 is 24.3 Å². The molecule has 1 saturated heterocycles. The summed E-state index contributed by atoms with van der Waals surface area (Å²) in [5.41, 5.74) is 2.01. The number of amides is 2. The van der Waals surface area contributed by atoms with Crippen LogP contribution in [0.3, 0.4) is 0 Å². The van der Waals surface area contributed by atoms with E-state index in [9.17, 15) is 9.59 Å². The number of piperazine rings is 1. The van der Waals surface area contributed by atoms with Gasteiger partial charge in [-0.05, 0) is 34.6 Å². The van der Waals surface area contributed by atoms with Crippen LogP contribution in [0, 0.1) is 13.8 Å². The molecule has 0 saturated carbocycles. The van der Waals surface area contributed by atoms with Crippen molar-refractivity contribution in [1.82, 2.24) is 29.2 Å². The second-order valence-electron chi connectivity index (χ2n) is 8.99. The van der Waals surface area contributed by atoms with Crippen LogP contribution in [0.15, 0.2) is 24.8 Å². The summed E-state index contributed by atoms with van der Waals surface area (Å²) >= 11 is 0. The molecule has 1 N–H and O–H groups in total. The van der Waals surface area contributed by atoms with E-state index in [1.807, 2.05) is 50.1 Å². The second kappa shape index (κ2) is 8.64. The van der Waals surface area contributed by atoms with Crippen molar-refractivity contribution in [2.45, 2.75) is 40.2 Å². The fourth-order valence-electron chi connectivity index (χ4n) is 3.56. The highest BCUT2D eigenvalue weighted by Gasteiger charge is 2.26. The smallest absolute Gasteiger partial charge is 0.410 e. The quantitative estimate of drug-likeness (QED) is 0.644. The molecule has 4 heterocycles. The molecule has 3 aromatic rings. The third-order valence-electron chi connectivity index (χ3n) is 5.09. The van der Waals surface area contributed by atoms with E-state index in [2.05, 4.69) is 25.3 Å². The maximum Gasteiger partial charge on any atom is 0.410 e. The standard InChI is InChI=1S/C22H28N8O3/c1-14-12-30-13-17(26-15(2)19(30)25-14)27-20(31)16-10-24-18(11-23-16)28-6-8-29(9-7-28)21(32)33-22(3,4)5/h10-13H,6-9H2,1-5H3,(H,27,31). The van der Waals surface area contributed by atoms with Crippen LogP contribution >= 0.6 is 0 Å². The van der Waals surface area contributed by atoms with Crippen LogP contribution in [0.1, 0.15) is 42.6 Å². The Kier molecular flexibility index (Phi) is 5.88. The highest BCUT2D eigenvalue weighted by molar-refractivity contribution is 6.02. The molecular weight excluding hydrogens is 424 g/mol. The monoisotopic (exact) mass is 452 g/mol. The van der Waals surface area contributed by atoms with Gasteiger partial charge >= 0.3 is 6.09 Å². The van der Waals surface area contributed by atoms with E-state index in [1.165, 1.54) is 6.20 Å². The molecule has 1 fully saturated rings. The molecule has 1 aliphatic heterocycles. The van der Waals surface area contributed by atoms with Crippen LogP contribution in [0.25, 0.3) is 5.65 Å². The lowest BCUT2D eigenvalue weighted by molar-refractivity contribution is 0.0240. The van der Waals surface area contributed by atoms with Crippen molar-refractivity contribution >= 4 is 29.3 Å². The summed E-state index contributed by atoms with van der Waals surface area (Å²) in [5, 5.41) is 2.76. The van der Waals surface area contributed by atoms with Gasteiger partial charge in [-0.25, -0.2) is 24.7 Å². The molecule has 0 unspecified atom stereocenters. The molecule has 1 aliphatic rings. The number of fused-ring (bicyclic) bond motifs is 1. The predicted molar refractivity (Wildman–Crippen MR) is 122 cm³/mol. The van der Waals surface area contributed by atoms with Crippen LogP contribution in [0.2, 0.25) is 0 Å². The highest BCUT2D eigenvalue weighted by atomic mass is 16.6. The summed E-state index contributed by atoms with van der Waals surface area (Å²) in [7, 11) is 0. The number of carbonyl (C=O) groups excluding carboxylic acids is 2. The minimum Gasteiger partial charge on any atom is -0.444 e. The highest BCUT2D eigenvalue weighted by Crippen LogP contribution is 2.17. The van der Waals surface area contributed by atoms with E-state index in [4.69, 9.17) is 4.74 Å². The van der Waals surface area contributed by atoms with Gasteiger partial charge in [-0.2, -0.15) is 0 Å². The van der Waals surface area contributed by atoms with Gasteiger partial charge in [0.25, 0.3) is 5.91 Å². The average Bonchev–Trinajstić information content (AvgIpc) is 3.13. The number of imidazole rings is 1. The average molecular weight is 453 g/mol. The number of rotatable bonds is 3. The Morgan fingerprint density at radius 3 is 2.36 bits per heavy atom. The Hall–Kier alpha value is -3.76. The number of hydrogen-bond donors (Lipinski definition) is 1. The van der Waals surface area contributed by atoms with Crippen LogP contribution in [-0.4, -0.2) is 73.0 Å². The maximum absolute atomic E-state index is 12.6. The lowest BCUT2D eigenvalue weighted by Gasteiger charge is -2.36. The molecule has 2 amide bonds. The fourth-order valence-corrected chi connectivity index (χ4v) is 3.56. The summed E-state index contributed by atoms with van der Waals surface area (Å²) in [6.45, 7) is 11.6. The van der Waals surface area contributed by atoms with Crippen molar-refractivity contribution in [2.24, 2.45) is 0 Å². The van der Waals surface area contributed by atoms with Crippen molar-refractivity contribution in [2.75, 3.05) is 36.4 Å². The zero-order valence-electron chi connectivity index (χ0n) is 19.5. The molecule has 33 heavy (non-hydrogen) atoms. The Morgan fingerprint density at radius 1 is 1.00 bits per heavy atom. The SMILES string of the molecule is Cc1cn2cc(NC(=O)c3cnc(N4CCN(C(=O)OC(C)(C)C)CC4)cn3)nc(C)c2n1. The minimum atomic E-state index is -0.520. The lowest BCUT2D eigenvalue weighted by Crippen LogP contribution is -2.50. The number of aryl methyl sites for hydroxylation is 2. The molecule has 0 atom stereocenters. The molecular formula is C22H28N8O3. The van der Waals surface area contributed by atoms with Gasteiger partial charge in [-0.15, -0.1) is 0 Å². The van der Waals surface area contributed by atoms with Crippen molar-refractivity contribution in [1.29, 1.82) is 0 Å². The molecule has 0 spiro atoms. The molecule has 0 aliphatic carbocycles. The summed E-state index contributed by atoms with van der Waals surface area (Å²) in [4.78, 5) is 46.0. The van der Waals surface area contributed by atoms with E-state index < -0.39 is 11.5 Å². The van der Waals surface area contributed by atoms with Gasteiger partial charge in [0, 0.05) is 32.4 Å². The third-order valence-corrected chi connectivity index (χ3v) is 5.09. The number of anilines is 2. The van der Waals surface area contributed by atoms with Gasteiger partial charge in [0.15, 0.2) is 5.65 Å². The topological polar surface area (TPSA) is 118 Å². The fraction of sp³-hybridized carbons (Fsp3) is 0.455. The van der Waals surface area contributed by atoms with Gasteiger partial charge in [0.05, 0.1) is 30.0 Å². The minimum absolute atomic E-state index is 0.188. The molecule has 11 nitrogen and oxygen atoms in total. The van der Waals surface area contributed by atoms with Crippen molar-refractivity contribution in [3.05, 3.63) is 41.9 Å². The van der Waals surface area contributed by atoms with E-state index >= 15 is 0 Å². The first kappa shape index (κ1) is 22.4. The van der Waals surface area contributed by atoms with E-state index in [0.717, 1.165) is 11.3 Å².